The summed E-state index contributed by atoms with van der Waals surface area (Å²) in [6.07, 6.45) is 14.2. The molecule has 0 unspecified atom stereocenters. The van der Waals surface area contributed by atoms with Crippen LogP contribution < -0.4 is 16.0 Å². The van der Waals surface area contributed by atoms with Gasteiger partial charge >= 0.3 is 0 Å². The Morgan fingerprint density at radius 3 is 2.78 bits per heavy atom. The van der Waals surface area contributed by atoms with Crippen molar-refractivity contribution in [1.82, 2.24) is 25.6 Å². The standard InChI is InChI=1S/C25H38N6O/c1-2-3-4-5-6-7-8-11-15-26-23(32)19-31-18-20(29-30-31)17-25-14-16-27-24(25)28-22-13-10-9-12-21(22)25/h9-10,12-13,18,24,27-28H,2-8,11,14-17,19H2,1H3,(H,26,32)/t24-,25-/m1/s1. The minimum atomic E-state index is -0.00372. The first-order valence-corrected chi connectivity index (χ1v) is 12.5. The number of nitrogens with zero attached hydrogens (tertiary/aromatic N) is 3. The number of aromatic nitrogens is 3. The zero-order valence-electron chi connectivity index (χ0n) is 19.4. The molecule has 174 valence electrons. The molecule has 2 aliphatic heterocycles. The molecule has 1 aromatic heterocycles. The first kappa shape index (κ1) is 22.8. The van der Waals surface area contributed by atoms with Crippen molar-refractivity contribution in [2.75, 3.05) is 18.4 Å². The maximum absolute atomic E-state index is 12.3. The van der Waals surface area contributed by atoms with E-state index in [-0.39, 0.29) is 24.0 Å². The van der Waals surface area contributed by atoms with Crippen LogP contribution in [-0.4, -0.2) is 40.2 Å². The van der Waals surface area contributed by atoms with Gasteiger partial charge in [0, 0.05) is 30.3 Å². The summed E-state index contributed by atoms with van der Waals surface area (Å²) in [7, 11) is 0. The van der Waals surface area contributed by atoms with E-state index in [1.807, 2.05) is 6.20 Å². The van der Waals surface area contributed by atoms with E-state index in [1.165, 1.54) is 56.2 Å². The van der Waals surface area contributed by atoms with Gasteiger partial charge in [0.05, 0.1) is 11.9 Å². The number of unbranched alkanes of at least 4 members (excludes halogenated alkanes) is 7. The van der Waals surface area contributed by atoms with Crippen molar-refractivity contribution < 1.29 is 4.79 Å². The molecule has 7 nitrogen and oxygen atoms in total. The topological polar surface area (TPSA) is 83.9 Å². The monoisotopic (exact) mass is 438 g/mol. The molecule has 2 aromatic rings. The fourth-order valence-electron chi connectivity index (χ4n) is 5.25. The van der Waals surface area contributed by atoms with Gasteiger partial charge in [-0.15, -0.1) is 5.10 Å². The number of fused-ring (bicyclic) bond motifs is 3. The molecule has 4 rings (SSSR count). The van der Waals surface area contributed by atoms with E-state index in [2.05, 4.69) is 57.5 Å². The van der Waals surface area contributed by atoms with Crippen LogP contribution in [0.4, 0.5) is 5.69 Å². The molecular formula is C25H38N6O. The summed E-state index contributed by atoms with van der Waals surface area (Å²) >= 11 is 0. The third-order valence-electron chi connectivity index (χ3n) is 6.98. The highest BCUT2D eigenvalue weighted by Gasteiger charge is 2.50. The molecule has 0 radical (unpaired) electrons. The number of hydrogen-bond donors (Lipinski definition) is 3. The van der Waals surface area contributed by atoms with E-state index in [0.29, 0.717) is 0 Å². The van der Waals surface area contributed by atoms with Crippen LogP contribution in [-0.2, 0) is 23.2 Å². The summed E-state index contributed by atoms with van der Waals surface area (Å²) in [6, 6.07) is 8.54. The van der Waals surface area contributed by atoms with Gasteiger partial charge in [-0.05, 0) is 31.0 Å². The average Bonchev–Trinajstić information content (AvgIpc) is 3.47. The fourth-order valence-corrected chi connectivity index (χ4v) is 5.25. The van der Waals surface area contributed by atoms with Gasteiger partial charge in [-0.25, -0.2) is 4.68 Å². The lowest BCUT2D eigenvalue weighted by molar-refractivity contribution is -0.121. The van der Waals surface area contributed by atoms with Crippen LogP contribution in [0.2, 0.25) is 0 Å². The van der Waals surface area contributed by atoms with Crippen LogP contribution in [0.1, 0.15) is 76.0 Å². The number of rotatable bonds is 13. The van der Waals surface area contributed by atoms with E-state index in [0.717, 1.165) is 38.0 Å². The zero-order chi connectivity index (χ0) is 22.2. The highest BCUT2D eigenvalue weighted by Crippen LogP contribution is 2.47. The van der Waals surface area contributed by atoms with Crippen LogP contribution in [0.5, 0.6) is 0 Å². The van der Waals surface area contributed by atoms with Crippen LogP contribution in [0.25, 0.3) is 0 Å². The number of nitrogens with one attached hydrogen (secondary N) is 3. The lowest BCUT2D eigenvalue weighted by Gasteiger charge is -2.28. The molecule has 3 N–H and O–H groups in total. The van der Waals surface area contributed by atoms with Gasteiger partial charge < -0.3 is 10.6 Å². The van der Waals surface area contributed by atoms with Gasteiger partial charge in [0.15, 0.2) is 0 Å². The van der Waals surface area contributed by atoms with Crippen molar-refractivity contribution in [2.24, 2.45) is 0 Å². The minimum absolute atomic E-state index is 0.00372. The second-order valence-corrected chi connectivity index (χ2v) is 9.39. The molecule has 1 fully saturated rings. The van der Waals surface area contributed by atoms with Crippen molar-refractivity contribution in [1.29, 1.82) is 0 Å². The molecule has 0 bridgehead atoms. The molecule has 1 aromatic carbocycles. The largest absolute Gasteiger partial charge is 0.369 e. The van der Waals surface area contributed by atoms with E-state index in [4.69, 9.17) is 0 Å². The van der Waals surface area contributed by atoms with Gasteiger partial charge in [0.1, 0.15) is 6.54 Å². The smallest absolute Gasteiger partial charge is 0.241 e. The lowest BCUT2D eigenvalue weighted by Crippen LogP contribution is -2.42. The van der Waals surface area contributed by atoms with E-state index >= 15 is 0 Å². The Morgan fingerprint density at radius 2 is 1.94 bits per heavy atom. The summed E-state index contributed by atoms with van der Waals surface area (Å²) in [4.78, 5) is 12.3. The van der Waals surface area contributed by atoms with E-state index in [1.54, 1.807) is 4.68 Å². The summed E-state index contributed by atoms with van der Waals surface area (Å²) < 4.78 is 1.67. The molecule has 32 heavy (non-hydrogen) atoms. The summed E-state index contributed by atoms with van der Waals surface area (Å²) in [5.74, 6) is 0.0100. The van der Waals surface area contributed by atoms with Gasteiger partial charge in [-0.2, -0.15) is 0 Å². The molecule has 1 saturated heterocycles. The lowest BCUT2D eigenvalue weighted by atomic mass is 9.76. The Balaban J connectivity index is 1.21. The van der Waals surface area contributed by atoms with E-state index < -0.39 is 0 Å². The Morgan fingerprint density at radius 1 is 1.16 bits per heavy atom. The SMILES string of the molecule is CCCCCCCCCCNC(=O)Cn1cc(C[C@@]23CCN[C@@H]2Nc2ccccc23)nn1. The van der Waals surface area contributed by atoms with Crippen LogP contribution >= 0.6 is 0 Å². The van der Waals surface area contributed by atoms with Crippen molar-refractivity contribution in [3.63, 3.8) is 0 Å². The first-order chi connectivity index (χ1) is 15.7. The van der Waals surface area contributed by atoms with Crippen LogP contribution in [0, 0.1) is 0 Å². The average molecular weight is 439 g/mol. The van der Waals surface area contributed by atoms with Gasteiger partial charge in [-0.1, -0.05) is 75.3 Å². The predicted octanol–water partition coefficient (Wildman–Crippen LogP) is 3.76. The molecule has 0 saturated carbocycles. The minimum Gasteiger partial charge on any atom is -0.369 e. The molecule has 7 heteroatoms. The Hall–Kier alpha value is -2.41. The Bertz CT molecular complexity index is 881. The predicted molar refractivity (Wildman–Crippen MR) is 127 cm³/mol. The maximum Gasteiger partial charge on any atom is 0.241 e. The molecule has 0 aliphatic carbocycles. The van der Waals surface area contributed by atoms with Crippen molar-refractivity contribution >= 4 is 11.6 Å². The quantitative estimate of drug-likeness (QED) is 0.415. The number of para-hydroxylation sites is 1. The van der Waals surface area contributed by atoms with Crippen LogP contribution in [0.15, 0.2) is 30.5 Å². The molecule has 3 heterocycles. The number of carbonyl (C=O) groups is 1. The highest BCUT2D eigenvalue weighted by molar-refractivity contribution is 5.75. The number of anilines is 1. The molecular weight excluding hydrogens is 400 g/mol. The molecule has 0 spiro atoms. The highest BCUT2D eigenvalue weighted by atomic mass is 16.2. The first-order valence-electron chi connectivity index (χ1n) is 12.5. The van der Waals surface area contributed by atoms with Gasteiger partial charge in [-0.3, -0.25) is 10.1 Å². The number of hydrogen-bond acceptors (Lipinski definition) is 5. The molecule has 2 aliphatic rings. The zero-order valence-corrected chi connectivity index (χ0v) is 19.4. The Labute approximate surface area is 191 Å². The van der Waals surface area contributed by atoms with Gasteiger partial charge in [0.25, 0.3) is 0 Å². The second kappa shape index (κ2) is 10.9. The second-order valence-electron chi connectivity index (χ2n) is 9.39. The fraction of sp³-hybridized carbons (Fsp3) is 0.640. The summed E-state index contributed by atoms with van der Waals surface area (Å²) in [6.45, 7) is 4.21. The van der Waals surface area contributed by atoms with Crippen molar-refractivity contribution in [3.05, 3.63) is 41.7 Å². The van der Waals surface area contributed by atoms with Crippen molar-refractivity contribution in [2.45, 2.75) is 89.3 Å². The third-order valence-corrected chi connectivity index (χ3v) is 6.98. The normalized spacial score (nSPS) is 21.2. The molecule has 2 atom stereocenters. The summed E-state index contributed by atoms with van der Waals surface area (Å²) in [5.41, 5.74) is 3.49. The third kappa shape index (κ3) is 5.31. The summed E-state index contributed by atoms with van der Waals surface area (Å²) in [5, 5.41) is 18.8. The number of carbonyl (C=O) groups excluding carboxylic acids is 1. The van der Waals surface area contributed by atoms with Crippen molar-refractivity contribution in [3.8, 4) is 0 Å². The van der Waals surface area contributed by atoms with Crippen LogP contribution in [0.3, 0.4) is 0 Å². The van der Waals surface area contributed by atoms with Gasteiger partial charge in [0.2, 0.25) is 5.91 Å². The van der Waals surface area contributed by atoms with E-state index in [9.17, 15) is 4.79 Å². The number of benzene rings is 1. The number of amides is 1. The Kier molecular flexibility index (Phi) is 7.79. The maximum atomic E-state index is 12.3. The molecule has 1 amide bonds.